The van der Waals surface area contributed by atoms with Gasteiger partial charge in [-0.25, -0.2) is 0 Å². The van der Waals surface area contributed by atoms with E-state index < -0.39 is 0 Å². The lowest BCUT2D eigenvalue weighted by Crippen LogP contribution is -2.30. The van der Waals surface area contributed by atoms with Crippen molar-refractivity contribution in [3.05, 3.63) is 64.5 Å². The Balaban J connectivity index is 2.06. The Morgan fingerprint density at radius 2 is 1.81 bits per heavy atom. The quantitative estimate of drug-likeness (QED) is 0.916. The number of hydrogen-bond donors (Lipinski definition) is 1. The summed E-state index contributed by atoms with van der Waals surface area (Å²) in [6, 6.07) is 10.4. The maximum atomic E-state index is 6.44. The molecular formula is C18H25N3. The predicted octanol–water partition coefficient (Wildman–Crippen LogP) is 3.14. The molecule has 3 nitrogen and oxygen atoms in total. The van der Waals surface area contributed by atoms with Crippen molar-refractivity contribution >= 4 is 0 Å². The third kappa shape index (κ3) is 4.13. The van der Waals surface area contributed by atoms with E-state index in [-0.39, 0.29) is 6.04 Å². The van der Waals surface area contributed by atoms with Gasteiger partial charge in [-0.3, -0.25) is 9.88 Å². The lowest BCUT2D eigenvalue weighted by Gasteiger charge is -2.24. The molecule has 0 bridgehead atoms. The highest BCUT2D eigenvalue weighted by Crippen LogP contribution is 2.22. The first-order valence-corrected chi connectivity index (χ1v) is 7.39. The summed E-state index contributed by atoms with van der Waals surface area (Å²) in [5.41, 5.74) is 12.6. The van der Waals surface area contributed by atoms with Crippen molar-refractivity contribution in [1.29, 1.82) is 0 Å². The molecule has 0 aliphatic carbocycles. The van der Waals surface area contributed by atoms with Crippen molar-refractivity contribution < 1.29 is 0 Å². The number of pyridine rings is 1. The molecule has 1 aromatic heterocycles. The molecular weight excluding hydrogens is 258 g/mol. The molecule has 0 aliphatic rings. The lowest BCUT2D eigenvalue weighted by atomic mass is 9.94. The van der Waals surface area contributed by atoms with Crippen LogP contribution in [0.4, 0.5) is 0 Å². The Hall–Kier alpha value is -1.71. The number of hydrogen-bond acceptors (Lipinski definition) is 3. The van der Waals surface area contributed by atoms with Crippen molar-refractivity contribution in [2.24, 2.45) is 5.73 Å². The first-order chi connectivity index (χ1) is 9.97. The monoisotopic (exact) mass is 283 g/mol. The van der Waals surface area contributed by atoms with Gasteiger partial charge in [0.15, 0.2) is 0 Å². The van der Waals surface area contributed by atoms with E-state index in [1.54, 1.807) is 0 Å². The van der Waals surface area contributed by atoms with Gasteiger partial charge in [-0.2, -0.15) is 0 Å². The van der Waals surface area contributed by atoms with Crippen molar-refractivity contribution in [3.8, 4) is 0 Å². The Morgan fingerprint density at radius 1 is 1.14 bits per heavy atom. The molecule has 0 saturated carbocycles. The van der Waals surface area contributed by atoms with Gasteiger partial charge in [0.2, 0.25) is 0 Å². The average molecular weight is 283 g/mol. The van der Waals surface area contributed by atoms with Crippen LogP contribution in [-0.4, -0.2) is 23.5 Å². The summed E-state index contributed by atoms with van der Waals surface area (Å²) in [5.74, 6) is 0. The molecule has 21 heavy (non-hydrogen) atoms. The fourth-order valence-corrected chi connectivity index (χ4v) is 3.04. The second kappa shape index (κ2) is 6.83. The normalized spacial score (nSPS) is 12.7. The number of nitrogens with zero attached hydrogens (tertiary/aromatic N) is 2. The lowest BCUT2D eigenvalue weighted by molar-refractivity contribution is 0.301. The zero-order valence-electron chi connectivity index (χ0n) is 13.4. The highest BCUT2D eigenvalue weighted by molar-refractivity contribution is 5.39. The van der Waals surface area contributed by atoms with Crippen LogP contribution in [0.2, 0.25) is 0 Å². The largest absolute Gasteiger partial charge is 0.323 e. The van der Waals surface area contributed by atoms with Crippen LogP contribution in [0.25, 0.3) is 0 Å². The van der Waals surface area contributed by atoms with Gasteiger partial charge in [0.25, 0.3) is 0 Å². The van der Waals surface area contributed by atoms with Crippen LogP contribution in [0.5, 0.6) is 0 Å². The van der Waals surface area contributed by atoms with Crippen LogP contribution >= 0.6 is 0 Å². The minimum Gasteiger partial charge on any atom is -0.323 e. The first kappa shape index (κ1) is 15.7. The number of aromatic nitrogens is 1. The maximum Gasteiger partial charge on any atom is 0.0543 e. The second-order valence-corrected chi connectivity index (χ2v) is 5.94. The molecule has 0 amide bonds. The number of rotatable bonds is 5. The highest BCUT2D eigenvalue weighted by atomic mass is 15.1. The Morgan fingerprint density at radius 3 is 2.38 bits per heavy atom. The van der Waals surface area contributed by atoms with Crippen molar-refractivity contribution in [1.82, 2.24) is 9.88 Å². The minimum absolute atomic E-state index is 0.0271. The van der Waals surface area contributed by atoms with Gasteiger partial charge in [-0.1, -0.05) is 23.8 Å². The molecule has 1 heterocycles. The summed E-state index contributed by atoms with van der Waals surface area (Å²) in [7, 11) is 2.09. The Bertz CT molecular complexity index is 570. The highest BCUT2D eigenvalue weighted by Gasteiger charge is 2.15. The van der Waals surface area contributed by atoms with E-state index in [0.717, 1.165) is 18.8 Å². The average Bonchev–Trinajstić information content (AvgIpc) is 2.38. The summed E-state index contributed by atoms with van der Waals surface area (Å²) in [6.07, 6.45) is 1.83. The zero-order chi connectivity index (χ0) is 15.4. The summed E-state index contributed by atoms with van der Waals surface area (Å²) in [4.78, 5) is 6.59. The summed E-state index contributed by atoms with van der Waals surface area (Å²) in [5, 5.41) is 0. The van der Waals surface area contributed by atoms with Crippen LogP contribution in [-0.2, 0) is 6.54 Å². The molecule has 0 fully saturated rings. The predicted molar refractivity (Wildman–Crippen MR) is 88.2 cm³/mol. The molecule has 0 radical (unpaired) electrons. The molecule has 2 aromatic rings. The first-order valence-electron chi connectivity index (χ1n) is 7.39. The number of nitrogens with two attached hydrogens (primary N) is 1. The summed E-state index contributed by atoms with van der Waals surface area (Å²) >= 11 is 0. The van der Waals surface area contributed by atoms with Crippen LogP contribution in [0.3, 0.4) is 0 Å². The minimum atomic E-state index is 0.0271. The summed E-state index contributed by atoms with van der Waals surface area (Å²) in [6.45, 7) is 8.06. The molecule has 2 N–H and O–H groups in total. The second-order valence-electron chi connectivity index (χ2n) is 5.94. The fourth-order valence-electron chi connectivity index (χ4n) is 3.04. The van der Waals surface area contributed by atoms with Crippen LogP contribution < -0.4 is 5.73 Å². The smallest absolute Gasteiger partial charge is 0.0543 e. The standard InChI is InChI=1S/C18H25N3/c1-13-9-14(2)18(15(3)10-13)17(19)12-21(4)11-16-7-5-6-8-20-16/h5-10,17H,11-12,19H2,1-4H3. The van der Waals surface area contributed by atoms with Gasteiger partial charge in [0.05, 0.1) is 5.69 Å². The number of benzene rings is 1. The SMILES string of the molecule is Cc1cc(C)c(C(N)CN(C)Cc2ccccn2)c(C)c1. The maximum absolute atomic E-state index is 6.44. The third-order valence-corrected chi connectivity index (χ3v) is 3.78. The van der Waals surface area contributed by atoms with Crippen LogP contribution in [0, 0.1) is 20.8 Å². The molecule has 1 unspecified atom stereocenters. The van der Waals surface area contributed by atoms with Crippen molar-refractivity contribution in [3.63, 3.8) is 0 Å². The summed E-state index contributed by atoms with van der Waals surface area (Å²) < 4.78 is 0. The van der Waals surface area contributed by atoms with Gasteiger partial charge < -0.3 is 5.73 Å². The zero-order valence-corrected chi connectivity index (χ0v) is 13.4. The van der Waals surface area contributed by atoms with Gasteiger partial charge in [0, 0.05) is 25.3 Å². The topological polar surface area (TPSA) is 42.1 Å². The van der Waals surface area contributed by atoms with E-state index in [1.165, 1.54) is 22.3 Å². The van der Waals surface area contributed by atoms with Gasteiger partial charge >= 0.3 is 0 Å². The Labute approximate surface area is 127 Å². The van der Waals surface area contributed by atoms with Crippen LogP contribution in [0.1, 0.15) is 34.0 Å². The number of aryl methyl sites for hydroxylation is 3. The molecule has 2 rings (SSSR count). The molecule has 0 saturated heterocycles. The molecule has 0 aliphatic heterocycles. The van der Waals surface area contributed by atoms with Gasteiger partial charge in [-0.05, 0) is 56.6 Å². The molecule has 1 aromatic carbocycles. The van der Waals surface area contributed by atoms with E-state index in [0.29, 0.717) is 0 Å². The fraction of sp³-hybridized carbons (Fsp3) is 0.389. The van der Waals surface area contributed by atoms with Gasteiger partial charge in [0.1, 0.15) is 0 Å². The van der Waals surface area contributed by atoms with E-state index in [1.807, 2.05) is 24.4 Å². The number of likely N-dealkylation sites (N-methyl/N-ethyl adjacent to an activating group) is 1. The third-order valence-electron chi connectivity index (χ3n) is 3.78. The van der Waals surface area contributed by atoms with Crippen molar-refractivity contribution in [2.45, 2.75) is 33.4 Å². The van der Waals surface area contributed by atoms with E-state index in [2.05, 4.69) is 49.8 Å². The van der Waals surface area contributed by atoms with E-state index >= 15 is 0 Å². The molecule has 0 spiro atoms. The van der Waals surface area contributed by atoms with E-state index in [4.69, 9.17) is 5.73 Å². The van der Waals surface area contributed by atoms with E-state index in [9.17, 15) is 0 Å². The molecule has 1 atom stereocenters. The van der Waals surface area contributed by atoms with Crippen LogP contribution in [0.15, 0.2) is 36.5 Å². The van der Waals surface area contributed by atoms with Gasteiger partial charge in [-0.15, -0.1) is 0 Å². The molecule has 112 valence electrons. The molecule has 3 heteroatoms. The van der Waals surface area contributed by atoms with Crippen molar-refractivity contribution in [2.75, 3.05) is 13.6 Å². The Kier molecular flexibility index (Phi) is 5.10.